The van der Waals surface area contributed by atoms with E-state index in [0.29, 0.717) is 12.8 Å². The highest BCUT2D eigenvalue weighted by Gasteiger charge is 2.63. The third kappa shape index (κ3) is 1.60. The van der Waals surface area contributed by atoms with E-state index in [1.165, 1.54) is 13.8 Å². The van der Waals surface area contributed by atoms with Crippen LogP contribution in [0.2, 0.25) is 0 Å². The lowest BCUT2D eigenvalue weighted by molar-refractivity contribution is -0.583. The van der Waals surface area contributed by atoms with E-state index in [-0.39, 0.29) is 11.5 Å². The van der Waals surface area contributed by atoms with Crippen molar-refractivity contribution in [1.29, 1.82) is 0 Å². The van der Waals surface area contributed by atoms with Crippen LogP contribution in [-0.4, -0.2) is 23.0 Å². The van der Waals surface area contributed by atoms with E-state index in [1.807, 2.05) is 0 Å². The zero-order chi connectivity index (χ0) is 11.7. The molecular formula is C10H17NO4. The summed E-state index contributed by atoms with van der Waals surface area (Å²) in [7, 11) is 0. The molecule has 5 nitrogen and oxygen atoms in total. The molecule has 0 bridgehead atoms. The van der Waals surface area contributed by atoms with Gasteiger partial charge in [0.1, 0.15) is 5.41 Å². The number of hydrogen-bond acceptors (Lipinski definition) is 4. The first kappa shape index (κ1) is 11.9. The smallest absolute Gasteiger partial charge is 0.319 e. The van der Waals surface area contributed by atoms with Gasteiger partial charge in [0.05, 0.1) is 6.61 Å². The summed E-state index contributed by atoms with van der Waals surface area (Å²) in [6, 6.07) is 0. The number of hydrogen-bond donors (Lipinski definition) is 0. The zero-order valence-electron chi connectivity index (χ0n) is 9.41. The number of carbonyl (C=O) groups is 1. The fourth-order valence-corrected chi connectivity index (χ4v) is 2.04. The van der Waals surface area contributed by atoms with Gasteiger partial charge in [0.15, 0.2) is 0 Å². The Bertz CT molecular complexity index is 281. The second-order valence-corrected chi connectivity index (χ2v) is 4.47. The number of rotatable bonds is 4. The summed E-state index contributed by atoms with van der Waals surface area (Å²) < 4.78 is 4.94. The lowest BCUT2D eigenvalue weighted by Crippen LogP contribution is -2.58. The molecule has 0 heterocycles. The Balaban J connectivity index is 2.95. The minimum absolute atomic E-state index is 0.272. The van der Waals surface area contributed by atoms with Gasteiger partial charge in [-0.3, -0.25) is 14.9 Å². The predicted octanol–water partition coefficient (Wildman–Crippen LogP) is 1.78. The van der Waals surface area contributed by atoms with Gasteiger partial charge in [0.2, 0.25) is 5.54 Å². The van der Waals surface area contributed by atoms with Crippen molar-refractivity contribution < 1.29 is 14.5 Å². The standard InChI is InChI=1S/C10H17NO4/c1-4-15-8(12)10(6-5-7-10)9(2,3)11(13)14/h4-7H2,1-3H3. The molecule has 0 radical (unpaired) electrons. The lowest BCUT2D eigenvalue weighted by atomic mass is 9.58. The molecule has 0 spiro atoms. The molecular weight excluding hydrogens is 198 g/mol. The number of nitrogens with zero attached hydrogens (tertiary/aromatic N) is 1. The largest absolute Gasteiger partial charge is 0.465 e. The quantitative estimate of drug-likeness (QED) is 0.407. The van der Waals surface area contributed by atoms with Gasteiger partial charge >= 0.3 is 5.97 Å². The van der Waals surface area contributed by atoms with Crippen molar-refractivity contribution in [2.45, 2.75) is 45.6 Å². The molecule has 0 atom stereocenters. The number of ether oxygens (including phenoxy) is 1. The second-order valence-electron chi connectivity index (χ2n) is 4.47. The molecule has 15 heavy (non-hydrogen) atoms. The maximum Gasteiger partial charge on any atom is 0.319 e. The van der Waals surface area contributed by atoms with Crippen LogP contribution in [0.5, 0.6) is 0 Å². The molecule has 1 aliphatic rings. The minimum Gasteiger partial charge on any atom is -0.465 e. The maximum absolute atomic E-state index is 11.8. The molecule has 1 saturated carbocycles. The van der Waals surface area contributed by atoms with Crippen LogP contribution in [0.4, 0.5) is 0 Å². The summed E-state index contributed by atoms with van der Waals surface area (Å²) in [5.41, 5.74) is -2.15. The van der Waals surface area contributed by atoms with E-state index in [9.17, 15) is 14.9 Å². The topological polar surface area (TPSA) is 69.4 Å². The van der Waals surface area contributed by atoms with Crippen LogP contribution in [0.25, 0.3) is 0 Å². The minimum atomic E-state index is -1.24. The highest BCUT2D eigenvalue weighted by atomic mass is 16.6. The first-order valence-electron chi connectivity index (χ1n) is 5.20. The van der Waals surface area contributed by atoms with E-state index in [4.69, 9.17) is 4.74 Å². The van der Waals surface area contributed by atoms with Gasteiger partial charge in [-0.15, -0.1) is 0 Å². The van der Waals surface area contributed by atoms with Crippen LogP contribution >= 0.6 is 0 Å². The van der Waals surface area contributed by atoms with Gasteiger partial charge in [-0.25, -0.2) is 0 Å². The first-order valence-corrected chi connectivity index (χ1v) is 5.20. The molecule has 0 amide bonds. The molecule has 0 aliphatic heterocycles. The van der Waals surface area contributed by atoms with Crippen LogP contribution in [0.1, 0.15) is 40.0 Å². The van der Waals surface area contributed by atoms with Crippen molar-refractivity contribution in [3.63, 3.8) is 0 Å². The third-order valence-corrected chi connectivity index (χ3v) is 3.50. The summed E-state index contributed by atoms with van der Waals surface area (Å²) in [5.74, 6) is -0.419. The lowest BCUT2D eigenvalue weighted by Gasteiger charge is -2.44. The number of esters is 1. The van der Waals surface area contributed by atoms with Crippen LogP contribution < -0.4 is 0 Å². The van der Waals surface area contributed by atoms with Crippen LogP contribution in [0.3, 0.4) is 0 Å². The van der Waals surface area contributed by atoms with E-state index < -0.39 is 16.9 Å². The summed E-state index contributed by atoms with van der Waals surface area (Å²) in [5, 5.41) is 11.0. The molecule has 1 rings (SSSR count). The van der Waals surface area contributed by atoms with Crippen molar-refractivity contribution in [2.24, 2.45) is 5.41 Å². The van der Waals surface area contributed by atoms with Gasteiger partial charge in [-0.2, -0.15) is 0 Å². The molecule has 0 aromatic rings. The fraction of sp³-hybridized carbons (Fsp3) is 0.900. The Labute approximate surface area is 88.9 Å². The fourth-order valence-electron chi connectivity index (χ4n) is 2.04. The summed E-state index contributed by atoms with van der Waals surface area (Å²) in [6.07, 6.45) is 1.97. The molecule has 0 unspecified atom stereocenters. The van der Waals surface area contributed by atoms with Crippen molar-refractivity contribution in [3.8, 4) is 0 Å². The Morgan fingerprint density at radius 2 is 2.07 bits per heavy atom. The number of nitro groups is 1. The van der Waals surface area contributed by atoms with Crippen molar-refractivity contribution in [3.05, 3.63) is 10.1 Å². The monoisotopic (exact) mass is 215 g/mol. The Morgan fingerprint density at radius 3 is 2.33 bits per heavy atom. The molecule has 86 valence electrons. The summed E-state index contributed by atoms with van der Waals surface area (Å²) >= 11 is 0. The molecule has 1 fully saturated rings. The normalized spacial score (nSPS) is 19.1. The SMILES string of the molecule is CCOC(=O)C1(C(C)(C)[N+](=O)[O-])CCC1. The van der Waals surface area contributed by atoms with E-state index in [2.05, 4.69) is 0 Å². The average molecular weight is 215 g/mol. The molecule has 0 N–H and O–H groups in total. The molecule has 0 aromatic carbocycles. The van der Waals surface area contributed by atoms with Gasteiger partial charge < -0.3 is 4.74 Å². The van der Waals surface area contributed by atoms with Gasteiger partial charge in [-0.05, 0) is 19.8 Å². The van der Waals surface area contributed by atoms with E-state index in [0.717, 1.165) is 6.42 Å². The van der Waals surface area contributed by atoms with Crippen molar-refractivity contribution >= 4 is 5.97 Å². The Hall–Kier alpha value is -1.13. The predicted molar refractivity (Wildman–Crippen MR) is 54.0 cm³/mol. The molecule has 1 aliphatic carbocycles. The van der Waals surface area contributed by atoms with Crippen LogP contribution in [-0.2, 0) is 9.53 Å². The first-order chi connectivity index (χ1) is 6.88. The average Bonchev–Trinajstić information content (AvgIpc) is 2.01. The molecule has 5 heteroatoms. The summed E-state index contributed by atoms with van der Waals surface area (Å²) in [4.78, 5) is 22.4. The molecule has 0 aromatic heterocycles. The summed E-state index contributed by atoms with van der Waals surface area (Å²) in [6.45, 7) is 4.99. The van der Waals surface area contributed by atoms with Gasteiger partial charge in [0, 0.05) is 18.8 Å². The van der Waals surface area contributed by atoms with Crippen LogP contribution in [0, 0.1) is 15.5 Å². The zero-order valence-corrected chi connectivity index (χ0v) is 9.41. The van der Waals surface area contributed by atoms with Gasteiger partial charge in [0.25, 0.3) is 0 Å². The van der Waals surface area contributed by atoms with Gasteiger partial charge in [-0.1, -0.05) is 6.42 Å². The van der Waals surface area contributed by atoms with E-state index >= 15 is 0 Å². The number of carbonyl (C=O) groups excluding carboxylic acids is 1. The highest BCUT2D eigenvalue weighted by molar-refractivity contribution is 5.79. The highest BCUT2D eigenvalue weighted by Crippen LogP contribution is 2.51. The second kappa shape index (κ2) is 3.79. The van der Waals surface area contributed by atoms with Crippen molar-refractivity contribution in [1.82, 2.24) is 0 Å². The third-order valence-electron chi connectivity index (χ3n) is 3.50. The Kier molecular flexibility index (Phi) is 3.02. The Morgan fingerprint density at radius 1 is 1.53 bits per heavy atom. The molecule has 0 saturated heterocycles. The maximum atomic E-state index is 11.8. The van der Waals surface area contributed by atoms with E-state index in [1.54, 1.807) is 6.92 Å². The van der Waals surface area contributed by atoms with Crippen molar-refractivity contribution in [2.75, 3.05) is 6.61 Å². The van der Waals surface area contributed by atoms with Crippen LogP contribution in [0.15, 0.2) is 0 Å².